The van der Waals surface area contributed by atoms with E-state index in [9.17, 15) is 4.79 Å². The van der Waals surface area contributed by atoms with Gasteiger partial charge in [0.2, 0.25) is 0 Å². The van der Waals surface area contributed by atoms with Crippen molar-refractivity contribution in [1.82, 2.24) is 0 Å². The fourth-order valence-corrected chi connectivity index (χ4v) is 1.92. The summed E-state index contributed by atoms with van der Waals surface area (Å²) in [6.45, 7) is 5.67. The predicted molar refractivity (Wildman–Crippen MR) is 55.8 cm³/mol. The van der Waals surface area contributed by atoms with Gasteiger partial charge >= 0.3 is 5.97 Å². The van der Waals surface area contributed by atoms with Crippen LogP contribution in [-0.4, -0.2) is 17.6 Å². The molecule has 1 aliphatic carbocycles. The number of hydrogen-bond acceptors (Lipinski definition) is 3. The Morgan fingerprint density at radius 3 is 2.50 bits per heavy atom. The Kier molecular flexibility index (Phi) is 3.53. The van der Waals surface area contributed by atoms with E-state index in [-0.39, 0.29) is 17.6 Å². The molecular formula is C11H21NO2. The average molecular weight is 199 g/mol. The molecule has 0 aliphatic heterocycles. The van der Waals surface area contributed by atoms with Crippen molar-refractivity contribution in [2.45, 2.75) is 58.1 Å². The van der Waals surface area contributed by atoms with E-state index in [2.05, 4.69) is 0 Å². The largest absolute Gasteiger partial charge is 0.460 e. The summed E-state index contributed by atoms with van der Waals surface area (Å²) in [6, 6.07) is 0.197. The van der Waals surface area contributed by atoms with Gasteiger partial charge in [-0.25, -0.2) is 0 Å². The second kappa shape index (κ2) is 4.30. The van der Waals surface area contributed by atoms with E-state index in [1.807, 2.05) is 20.8 Å². The predicted octanol–water partition coefficient (Wildman–Crippen LogP) is 1.85. The van der Waals surface area contributed by atoms with Crippen LogP contribution in [0.4, 0.5) is 0 Å². The van der Waals surface area contributed by atoms with Crippen LogP contribution in [0, 0.1) is 5.92 Å². The average Bonchev–Trinajstić information content (AvgIpc) is 2.32. The van der Waals surface area contributed by atoms with Crippen LogP contribution in [-0.2, 0) is 9.53 Å². The lowest BCUT2D eigenvalue weighted by Crippen LogP contribution is -2.30. The number of ether oxygens (including phenoxy) is 1. The van der Waals surface area contributed by atoms with Gasteiger partial charge in [0.1, 0.15) is 5.60 Å². The van der Waals surface area contributed by atoms with Crippen molar-refractivity contribution in [3.63, 3.8) is 0 Å². The van der Waals surface area contributed by atoms with Crippen LogP contribution in [0.2, 0.25) is 0 Å². The number of carbonyl (C=O) groups excluding carboxylic acids is 1. The molecule has 2 unspecified atom stereocenters. The maximum Gasteiger partial charge on any atom is 0.306 e. The summed E-state index contributed by atoms with van der Waals surface area (Å²) in [5.74, 6) is 0.227. The second-order valence-electron chi connectivity index (χ2n) is 5.15. The zero-order chi connectivity index (χ0) is 10.8. The summed E-state index contributed by atoms with van der Waals surface area (Å²) in [5.41, 5.74) is 5.51. The number of rotatable bonds is 2. The maximum absolute atomic E-state index is 11.5. The number of hydrogen-bond donors (Lipinski definition) is 1. The van der Waals surface area contributed by atoms with Gasteiger partial charge < -0.3 is 10.5 Å². The highest BCUT2D eigenvalue weighted by Crippen LogP contribution is 2.27. The normalized spacial score (nSPS) is 27.7. The lowest BCUT2D eigenvalue weighted by molar-refractivity contribution is -0.156. The molecule has 0 amide bonds. The molecule has 0 saturated heterocycles. The number of esters is 1. The molecule has 82 valence electrons. The summed E-state index contributed by atoms with van der Waals surface area (Å²) >= 11 is 0. The fourth-order valence-electron chi connectivity index (χ4n) is 1.92. The molecule has 1 rings (SSSR count). The molecule has 2 N–H and O–H groups in total. The molecule has 14 heavy (non-hydrogen) atoms. The van der Waals surface area contributed by atoms with Crippen LogP contribution < -0.4 is 5.73 Å². The SMILES string of the molecule is CC(C)(C)OC(=O)CC1CCCC1N. The summed E-state index contributed by atoms with van der Waals surface area (Å²) in [4.78, 5) is 11.5. The van der Waals surface area contributed by atoms with Gasteiger partial charge in [0.25, 0.3) is 0 Å². The maximum atomic E-state index is 11.5. The quantitative estimate of drug-likeness (QED) is 0.690. The van der Waals surface area contributed by atoms with Crippen LogP contribution in [0.5, 0.6) is 0 Å². The second-order valence-corrected chi connectivity index (χ2v) is 5.15. The molecule has 0 bridgehead atoms. The van der Waals surface area contributed by atoms with Crippen LogP contribution >= 0.6 is 0 Å². The first-order valence-electron chi connectivity index (χ1n) is 5.36. The Bertz CT molecular complexity index is 208. The summed E-state index contributed by atoms with van der Waals surface area (Å²) in [6.07, 6.45) is 3.75. The Labute approximate surface area is 86.0 Å². The smallest absolute Gasteiger partial charge is 0.306 e. The molecule has 0 spiro atoms. The van der Waals surface area contributed by atoms with Crippen LogP contribution in [0.25, 0.3) is 0 Å². The topological polar surface area (TPSA) is 52.3 Å². The molecule has 2 atom stereocenters. The molecule has 0 aromatic heterocycles. The Morgan fingerprint density at radius 2 is 2.07 bits per heavy atom. The van der Waals surface area contributed by atoms with Crippen LogP contribution in [0.3, 0.4) is 0 Å². The molecule has 1 aliphatic rings. The summed E-state index contributed by atoms with van der Waals surface area (Å²) in [5, 5.41) is 0. The monoisotopic (exact) mass is 199 g/mol. The fraction of sp³-hybridized carbons (Fsp3) is 0.909. The molecule has 0 radical (unpaired) electrons. The highest BCUT2D eigenvalue weighted by molar-refractivity contribution is 5.70. The van der Waals surface area contributed by atoms with Gasteiger partial charge in [0, 0.05) is 12.5 Å². The molecule has 3 nitrogen and oxygen atoms in total. The third-order valence-electron chi connectivity index (χ3n) is 2.57. The van der Waals surface area contributed by atoms with Crippen molar-refractivity contribution in [3.05, 3.63) is 0 Å². The summed E-state index contributed by atoms with van der Waals surface area (Å²) < 4.78 is 5.25. The molecule has 0 aromatic rings. The number of nitrogens with two attached hydrogens (primary N) is 1. The van der Waals surface area contributed by atoms with Gasteiger partial charge in [-0.2, -0.15) is 0 Å². The standard InChI is InChI=1S/C11H21NO2/c1-11(2,3)14-10(13)7-8-5-4-6-9(8)12/h8-9H,4-7,12H2,1-3H3. The van der Waals surface area contributed by atoms with Crippen LogP contribution in [0.1, 0.15) is 46.5 Å². The third kappa shape index (κ3) is 3.66. The van der Waals surface area contributed by atoms with Gasteiger partial charge in [-0.1, -0.05) is 6.42 Å². The first kappa shape index (κ1) is 11.5. The third-order valence-corrected chi connectivity index (χ3v) is 2.57. The minimum absolute atomic E-state index is 0.111. The lowest BCUT2D eigenvalue weighted by Gasteiger charge is -2.21. The number of carbonyl (C=O) groups is 1. The highest BCUT2D eigenvalue weighted by Gasteiger charge is 2.28. The van der Waals surface area contributed by atoms with E-state index in [0.29, 0.717) is 12.3 Å². The first-order chi connectivity index (χ1) is 6.38. The molecule has 3 heteroatoms. The Balaban J connectivity index is 2.33. The van der Waals surface area contributed by atoms with Crippen molar-refractivity contribution >= 4 is 5.97 Å². The van der Waals surface area contributed by atoms with E-state index in [0.717, 1.165) is 19.3 Å². The van der Waals surface area contributed by atoms with E-state index < -0.39 is 0 Å². The highest BCUT2D eigenvalue weighted by atomic mass is 16.6. The Hall–Kier alpha value is -0.570. The van der Waals surface area contributed by atoms with Gasteiger partial charge in [-0.15, -0.1) is 0 Å². The molecule has 1 fully saturated rings. The molecule has 0 aromatic carbocycles. The molecule has 0 heterocycles. The minimum Gasteiger partial charge on any atom is -0.460 e. The van der Waals surface area contributed by atoms with Gasteiger partial charge in [0.15, 0.2) is 0 Å². The first-order valence-corrected chi connectivity index (χ1v) is 5.36. The zero-order valence-corrected chi connectivity index (χ0v) is 9.38. The van der Waals surface area contributed by atoms with Crippen molar-refractivity contribution in [2.75, 3.05) is 0 Å². The van der Waals surface area contributed by atoms with E-state index in [1.165, 1.54) is 0 Å². The lowest BCUT2D eigenvalue weighted by atomic mass is 10.0. The Morgan fingerprint density at radius 1 is 1.43 bits per heavy atom. The zero-order valence-electron chi connectivity index (χ0n) is 9.38. The van der Waals surface area contributed by atoms with Crippen LogP contribution in [0.15, 0.2) is 0 Å². The van der Waals surface area contributed by atoms with Crippen molar-refractivity contribution in [1.29, 1.82) is 0 Å². The van der Waals surface area contributed by atoms with E-state index in [4.69, 9.17) is 10.5 Å². The van der Waals surface area contributed by atoms with Gasteiger partial charge in [-0.05, 0) is 39.5 Å². The van der Waals surface area contributed by atoms with Crippen molar-refractivity contribution in [2.24, 2.45) is 11.7 Å². The minimum atomic E-state index is -0.375. The summed E-state index contributed by atoms with van der Waals surface area (Å²) in [7, 11) is 0. The van der Waals surface area contributed by atoms with Gasteiger partial charge in [-0.3, -0.25) is 4.79 Å². The molecular weight excluding hydrogens is 178 g/mol. The van der Waals surface area contributed by atoms with E-state index >= 15 is 0 Å². The van der Waals surface area contributed by atoms with Crippen molar-refractivity contribution in [3.8, 4) is 0 Å². The molecule has 1 saturated carbocycles. The van der Waals surface area contributed by atoms with Gasteiger partial charge in [0.05, 0.1) is 0 Å². The van der Waals surface area contributed by atoms with Crippen molar-refractivity contribution < 1.29 is 9.53 Å². The van der Waals surface area contributed by atoms with E-state index in [1.54, 1.807) is 0 Å².